The Morgan fingerprint density at radius 3 is 1.59 bits per heavy atom. The standard InChI is InChI=1S/C27H31NO6/c29-25-23(33-17-21-12-6-2-7-13-21)24(34-18-22-14-8-3-9-15-22)26(30)28-27(25,31)19-32-16-20-10-4-1-5-11-20/h1-15,23-26,28-31H,16-19H2/t23-,24-,25+,26?,27-/m1/s1. The van der Waals surface area contributed by atoms with Crippen LogP contribution in [0.1, 0.15) is 16.7 Å². The maximum atomic E-state index is 11.2. The van der Waals surface area contributed by atoms with Crippen molar-refractivity contribution in [1.29, 1.82) is 0 Å². The third-order valence-corrected chi connectivity index (χ3v) is 5.84. The Morgan fingerprint density at radius 1 is 0.647 bits per heavy atom. The van der Waals surface area contributed by atoms with Crippen LogP contribution in [-0.4, -0.2) is 52.2 Å². The summed E-state index contributed by atoms with van der Waals surface area (Å²) in [5, 5.41) is 35.8. The van der Waals surface area contributed by atoms with Crippen LogP contribution in [0.5, 0.6) is 0 Å². The summed E-state index contributed by atoms with van der Waals surface area (Å²) in [5.74, 6) is 0. The summed E-state index contributed by atoms with van der Waals surface area (Å²) in [6.45, 7) is 0.389. The minimum absolute atomic E-state index is 0.182. The quantitative estimate of drug-likeness (QED) is 0.365. The molecule has 1 heterocycles. The predicted octanol–water partition coefficient (Wildman–Crippen LogP) is 2.35. The van der Waals surface area contributed by atoms with Gasteiger partial charge in [0.1, 0.15) is 24.5 Å². The first-order chi connectivity index (χ1) is 16.5. The fourth-order valence-corrected chi connectivity index (χ4v) is 3.99. The van der Waals surface area contributed by atoms with Crippen LogP contribution in [0.2, 0.25) is 0 Å². The molecule has 5 atom stereocenters. The zero-order valence-corrected chi connectivity index (χ0v) is 18.9. The second-order valence-corrected chi connectivity index (χ2v) is 8.46. The van der Waals surface area contributed by atoms with Crippen molar-refractivity contribution in [3.05, 3.63) is 108 Å². The van der Waals surface area contributed by atoms with Crippen molar-refractivity contribution in [2.75, 3.05) is 6.61 Å². The zero-order chi connectivity index (χ0) is 23.8. The van der Waals surface area contributed by atoms with Gasteiger partial charge in [-0.2, -0.15) is 0 Å². The second kappa shape index (κ2) is 11.7. The minimum atomic E-state index is -1.93. The van der Waals surface area contributed by atoms with Gasteiger partial charge < -0.3 is 29.5 Å². The average Bonchev–Trinajstić information content (AvgIpc) is 2.86. The van der Waals surface area contributed by atoms with E-state index >= 15 is 0 Å². The van der Waals surface area contributed by atoms with E-state index in [1.807, 2.05) is 91.0 Å². The van der Waals surface area contributed by atoms with Gasteiger partial charge in [0.25, 0.3) is 0 Å². The van der Waals surface area contributed by atoms with Crippen molar-refractivity contribution in [2.45, 2.75) is 50.1 Å². The molecule has 34 heavy (non-hydrogen) atoms. The molecule has 180 valence electrons. The van der Waals surface area contributed by atoms with Crippen molar-refractivity contribution in [1.82, 2.24) is 5.32 Å². The van der Waals surface area contributed by atoms with Crippen LogP contribution in [0.4, 0.5) is 0 Å². The monoisotopic (exact) mass is 465 g/mol. The summed E-state index contributed by atoms with van der Waals surface area (Å²) in [5.41, 5.74) is 0.812. The number of hydrogen-bond donors (Lipinski definition) is 4. The highest BCUT2D eigenvalue weighted by molar-refractivity contribution is 5.15. The van der Waals surface area contributed by atoms with Gasteiger partial charge in [-0.05, 0) is 16.7 Å². The largest absolute Gasteiger partial charge is 0.386 e. The van der Waals surface area contributed by atoms with E-state index in [-0.39, 0.29) is 26.4 Å². The first-order valence-corrected chi connectivity index (χ1v) is 11.3. The molecule has 4 rings (SSSR count). The molecule has 0 saturated carbocycles. The van der Waals surface area contributed by atoms with E-state index in [2.05, 4.69) is 5.32 Å². The molecular formula is C27H31NO6. The molecule has 7 nitrogen and oxygen atoms in total. The summed E-state index contributed by atoms with van der Waals surface area (Å²) in [4.78, 5) is 0. The number of rotatable bonds is 10. The average molecular weight is 466 g/mol. The molecule has 1 fully saturated rings. The van der Waals surface area contributed by atoms with Crippen LogP contribution in [-0.2, 0) is 34.0 Å². The van der Waals surface area contributed by atoms with Gasteiger partial charge in [-0.15, -0.1) is 0 Å². The van der Waals surface area contributed by atoms with Gasteiger partial charge in [0.2, 0.25) is 0 Å². The van der Waals surface area contributed by atoms with Crippen molar-refractivity contribution in [3.63, 3.8) is 0 Å². The summed E-state index contributed by atoms with van der Waals surface area (Å²) in [6, 6.07) is 28.5. The van der Waals surface area contributed by atoms with Crippen LogP contribution < -0.4 is 5.32 Å². The van der Waals surface area contributed by atoms with Gasteiger partial charge in [-0.1, -0.05) is 91.0 Å². The number of ether oxygens (including phenoxy) is 3. The van der Waals surface area contributed by atoms with Crippen LogP contribution in [0.15, 0.2) is 91.0 Å². The number of aliphatic hydroxyl groups is 3. The van der Waals surface area contributed by atoms with Crippen LogP contribution in [0.25, 0.3) is 0 Å². The summed E-state index contributed by atoms with van der Waals surface area (Å²) >= 11 is 0. The van der Waals surface area contributed by atoms with Crippen LogP contribution >= 0.6 is 0 Å². The van der Waals surface area contributed by atoms with Crippen LogP contribution in [0, 0.1) is 0 Å². The van der Waals surface area contributed by atoms with Gasteiger partial charge >= 0.3 is 0 Å². The van der Waals surface area contributed by atoms with Crippen molar-refractivity contribution in [3.8, 4) is 0 Å². The Bertz CT molecular complexity index is 990. The molecule has 3 aromatic rings. The first-order valence-electron chi connectivity index (χ1n) is 11.3. The van der Waals surface area contributed by atoms with E-state index in [9.17, 15) is 15.3 Å². The van der Waals surface area contributed by atoms with Crippen molar-refractivity contribution < 1.29 is 29.5 Å². The Morgan fingerprint density at radius 2 is 1.09 bits per heavy atom. The highest BCUT2D eigenvalue weighted by atomic mass is 16.6. The van der Waals surface area contributed by atoms with Gasteiger partial charge in [0.05, 0.1) is 26.4 Å². The molecule has 1 aliphatic heterocycles. The minimum Gasteiger partial charge on any atom is -0.386 e. The lowest BCUT2D eigenvalue weighted by molar-refractivity contribution is -0.275. The molecule has 0 aromatic heterocycles. The molecule has 1 unspecified atom stereocenters. The Labute approximate surface area is 199 Å². The summed E-state index contributed by atoms with van der Waals surface area (Å²) < 4.78 is 17.7. The highest BCUT2D eigenvalue weighted by Crippen LogP contribution is 2.28. The van der Waals surface area contributed by atoms with E-state index in [1.165, 1.54) is 0 Å². The van der Waals surface area contributed by atoms with Crippen molar-refractivity contribution in [2.24, 2.45) is 0 Å². The van der Waals surface area contributed by atoms with Crippen molar-refractivity contribution >= 4 is 0 Å². The fraction of sp³-hybridized carbons (Fsp3) is 0.333. The topological polar surface area (TPSA) is 100 Å². The number of nitrogens with one attached hydrogen (secondary N) is 1. The van der Waals surface area contributed by atoms with E-state index in [0.717, 1.165) is 16.7 Å². The second-order valence-electron chi connectivity index (χ2n) is 8.46. The van der Waals surface area contributed by atoms with E-state index in [0.29, 0.717) is 0 Å². The number of piperidine rings is 1. The smallest absolute Gasteiger partial charge is 0.170 e. The molecule has 7 heteroatoms. The summed E-state index contributed by atoms with van der Waals surface area (Å²) in [6.07, 6.45) is -4.65. The van der Waals surface area contributed by atoms with Gasteiger partial charge in [-0.25, -0.2) is 0 Å². The zero-order valence-electron chi connectivity index (χ0n) is 18.9. The normalized spacial score (nSPS) is 26.9. The number of aliphatic hydroxyl groups excluding tert-OH is 2. The van der Waals surface area contributed by atoms with E-state index in [4.69, 9.17) is 14.2 Å². The molecule has 1 aliphatic rings. The number of hydrogen-bond acceptors (Lipinski definition) is 7. The lowest BCUT2D eigenvalue weighted by Gasteiger charge is -2.47. The molecule has 3 aromatic carbocycles. The predicted molar refractivity (Wildman–Crippen MR) is 126 cm³/mol. The Kier molecular flexibility index (Phi) is 8.42. The van der Waals surface area contributed by atoms with Gasteiger partial charge in [0, 0.05) is 0 Å². The molecule has 0 bridgehead atoms. The first kappa shape index (κ1) is 24.5. The van der Waals surface area contributed by atoms with Gasteiger partial charge in [-0.3, -0.25) is 5.32 Å². The van der Waals surface area contributed by atoms with E-state index in [1.54, 1.807) is 0 Å². The van der Waals surface area contributed by atoms with Crippen LogP contribution in [0.3, 0.4) is 0 Å². The maximum absolute atomic E-state index is 11.2. The molecular weight excluding hydrogens is 434 g/mol. The van der Waals surface area contributed by atoms with Gasteiger partial charge in [0.15, 0.2) is 5.72 Å². The maximum Gasteiger partial charge on any atom is 0.170 e. The fourth-order valence-electron chi connectivity index (χ4n) is 3.99. The summed E-state index contributed by atoms with van der Waals surface area (Å²) in [7, 11) is 0. The lowest BCUT2D eigenvalue weighted by Crippen LogP contribution is -2.74. The molecule has 0 aliphatic carbocycles. The molecule has 4 N–H and O–H groups in total. The third-order valence-electron chi connectivity index (χ3n) is 5.84. The molecule has 0 spiro atoms. The third kappa shape index (κ3) is 6.28. The lowest BCUT2D eigenvalue weighted by atomic mass is 9.91. The SMILES string of the molecule is OC1N[C@@](O)(COCc2ccccc2)[C@@H](O)[C@H](OCc2ccccc2)[C@H]1OCc1ccccc1. The number of benzene rings is 3. The highest BCUT2D eigenvalue weighted by Gasteiger charge is 2.53. The molecule has 1 saturated heterocycles. The van der Waals surface area contributed by atoms with E-state index < -0.39 is 30.3 Å². The Hall–Kier alpha value is -2.62. The Balaban J connectivity index is 1.46. The molecule has 0 amide bonds. The molecule has 0 radical (unpaired) electrons.